The van der Waals surface area contributed by atoms with Crippen LogP contribution in [0.3, 0.4) is 0 Å². The highest BCUT2D eigenvalue weighted by Gasteiger charge is 1.99. The van der Waals surface area contributed by atoms with Gasteiger partial charge >= 0.3 is 0 Å². The maximum absolute atomic E-state index is 10.8. The zero-order valence-corrected chi connectivity index (χ0v) is 15.0. The van der Waals surface area contributed by atoms with Crippen LogP contribution >= 0.6 is 0 Å². The summed E-state index contributed by atoms with van der Waals surface area (Å²) in [6, 6.07) is 0. The van der Waals surface area contributed by atoms with E-state index >= 15 is 0 Å². The fourth-order valence-electron chi connectivity index (χ4n) is 1.64. The van der Waals surface area contributed by atoms with Crippen molar-refractivity contribution in [3.8, 4) is 23.7 Å². The first-order valence-electron chi connectivity index (χ1n) is 8.48. The van der Waals surface area contributed by atoms with Gasteiger partial charge in [-0.1, -0.05) is 48.8 Å². The number of hydrogen-bond donors (Lipinski definition) is 3. The summed E-state index contributed by atoms with van der Waals surface area (Å²) in [7, 11) is 0. The summed E-state index contributed by atoms with van der Waals surface area (Å²) in [5, 5.41) is 28.6. The van der Waals surface area contributed by atoms with Crippen LogP contribution in [0, 0.1) is 23.7 Å². The Morgan fingerprint density at radius 3 is 2.48 bits per heavy atom. The van der Waals surface area contributed by atoms with Crippen LogP contribution in [0.2, 0.25) is 0 Å². The van der Waals surface area contributed by atoms with Crippen LogP contribution in [0.4, 0.5) is 0 Å². The molecule has 0 aliphatic heterocycles. The van der Waals surface area contributed by atoms with Crippen LogP contribution in [0.25, 0.3) is 0 Å². The molecule has 0 aromatic rings. The van der Waals surface area contributed by atoms with Crippen LogP contribution < -0.4 is 0 Å². The summed E-state index contributed by atoms with van der Waals surface area (Å²) in [5.74, 6) is 11.1. The van der Waals surface area contributed by atoms with Crippen molar-refractivity contribution in [2.45, 2.75) is 64.3 Å². The minimum Gasteiger partial charge on any atom is -0.389 e. The Bertz CT molecular complexity index is 578. The summed E-state index contributed by atoms with van der Waals surface area (Å²) in [6.07, 6.45) is 10.4. The lowest BCUT2D eigenvalue weighted by Crippen LogP contribution is -2.03. The molecule has 0 unspecified atom stereocenters. The van der Waals surface area contributed by atoms with Crippen molar-refractivity contribution in [3.05, 3.63) is 36.5 Å². The van der Waals surface area contributed by atoms with Gasteiger partial charge in [-0.2, -0.15) is 0 Å². The Labute approximate surface area is 151 Å². The number of Topliss-reactive ketones (excluding diaryl/α,β-unsaturated/α-hetero) is 1. The largest absolute Gasteiger partial charge is 0.389 e. The Morgan fingerprint density at radius 2 is 1.80 bits per heavy atom. The van der Waals surface area contributed by atoms with Crippen molar-refractivity contribution >= 4 is 5.78 Å². The first-order chi connectivity index (χ1) is 12.0. The minimum atomic E-state index is -0.729. The van der Waals surface area contributed by atoms with Crippen molar-refractivity contribution < 1.29 is 20.1 Å². The average molecular weight is 344 g/mol. The van der Waals surface area contributed by atoms with E-state index < -0.39 is 18.3 Å². The van der Waals surface area contributed by atoms with E-state index in [-0.39, 0.29) is 5.78 Å². The molecule has 4 nitrogen and oxygen atoms in total. The lowest BCUT2D eigenvalue weighted by atomic mass is 10.1. The summed E-state index contributed by atoms with van der Waals surface area (Å²) >= 11 is 0. The van der Waals surface area contributed by atoms with Gasteiger partial charge in [0.2, 0.25) is 0 Å². The molecule has 0 aliphatic carbocycles. The van der Waals surface area contributed by atoms with Crippen LogP contribution in [0.5, 0.6) is 0 Å². The molecule has 0 saturated heterocycles. The molecule has 0 radical (unpaired) electrons. The molecule has 0 fully saturated rings. The van der Waals surface area contributed by atoms with Crippen molar-refractivity contribution in [3.63, 3.8) is 0 Å². The number of ketones is 1. The maximum Gasteiger partial charge on any atom is 0.129 e. The second kappa shape index (κ2) is 15.4. The predicted octanol–water partition coefficient (Wildman–Crippen LogP) is 2.30. The van der Waals surface area contributed by atoms with Crippen molar-refractivity contribution in [1.29, 1.82) is 0 Å². The Balaban J connectivity index is 4.04. The van der Waals surface area contributed by atoms with Crippen molar-refractivity contribution in [2.24, 2.45) is 0 Å². The van der Waals surface area contributed by atoms with Crippen LogP contribution in [0.15, 0.2) is 36.5 Å². The monoisotopic (exact) mass is 344 g/mol. The number of allylic oxidation sites excluding steroid dienone is 4. The third kappa shape index (κ3) is 16.5. The van der Waals surface area contributed by atoms with E-state index in [1.807, 2.05) is 6.92 Å². The smallest absolute Gasteiger partial charge is 0.129 e. The van der Waals surface area contributed by atoms with E-state index in [4.69, 9.17) is 0 Å². The molecule has 3 atom stereocenters. The van der Waals surface area contributed by atoms with E-state index in [1.54, 1.807) is 36.5 Å². The second-order valence-electron chi connectivity index (χ2n) is 5.57. The standard InChI is InChI=1S/C21H28O4/c1-3-19(23)13-9-6-10-16-20(24)14-7-4-5-8-15-21(25)17-11-12-18(2)22/h4-5,7,9,13-14,19-21,23-25H,3,11-12,16-17H2,1-2H3/b5-4+,13-9+,14-7+/t19-,20+,21-/m1/s1. The van der Waals surface area contributed by atoms with E-state index in [9.17, 15) is 20.1 Å². The van der Waals surface area contributed by atoms with Gasteiger partial charge in [0.05, 0.1) is 12.2 Å². The normalized spacial score (nSPS) is 14.8. The molecule has 0 heterocycles. The molecular weight excluding hydrogens is 316 g/mol. The Kier molecular flexibility index (Phi) is 14.1. The summed E-state index contributed by atoms with van der Waals surface area (Å²) in [6.45, 7) is 3.41. The quantitative estimate of drug-likeness (QED) is 0.443. The lowest BCUT2D eigenvalue weighted by molar-refractivity contribution is -0.117. The molecule has 3 N–H and O–H groups in total. The summed E-state index contributed by atoms with van der Waals surface area (Å²) in [5.41, 5.74) is 0. The number of aliphatic hydroxyl groups is 3. The Morgan fingerprint density at radius 1 is 1.04 bits per heavy atom. The van der Waals surface area contributed by atoms with Gasteiger partial charge in [0.15, 0.2) is 0 Å². The molecule has 4 heteroatoms. The molecule has 136 valence electrons. The van der Waals surface area contributed by atoms with Gasteiger partial charge in [0, 0.05) is 12.8 Å². The first-order valence-corrected chi connectivity index (χ1v) is 8.48. The minimum absolute atomic E-state index is 0.114. The summed E-state index contributed by atoms with van der Waals surface area (Å²) in [4.78, 5) is 10.8. The molecule has 0 amide bonds. The van der Waals surface area contributed by atoms with Gasteiger partial charge < -0.3 is 20.1 Å². The van der Waals surface area contributed by atoms with Gasteiger partial charge in [-0.15, -0.1) is 0 Å². The predicted molar refractivity (Wildman–Crippen MR) is 100 cm³/mol. The molecule has 0 aliphatic rings. The highest BCUT2D eigenvalue weighted by atomic mass is 16.3. The lowest BCUT2D eigenvalue weighted by Gasteiger charge is -2.00. The number of carbonyl (C=O) groups is 1. The third-order valence-corrected chi connectivity index (χ3v) is 3.11. The van der Waals surface area contributed by atoms with Gasteiger partial charge in [-0.05, 0) is 44.4 Å². The number of rotatable bonds is 9. The first kappa shape index (κ1) is 22.9. The van der Waals surface area contributed by atoms with Gasteiger partial charge in [0.1, 0.15) is 11.9 Å². The molecule has 25 heavy (non-hydrogen) atoms. The van der Waals surface area contributed by atoms with E-state index in [2.05, 4.69) is 23.7 Å². The van der Waals surface area contributed by atoms with Crippen molar-refractivity contribution in [2.75, 3.05) is 0 Å². The van der Waals surface area contributed by atoms with Crippen LogP contribution in [0.1, 0.15) is 46.0 Å². The van der Waals surface area contributed by atoms with E-state index in [1.165, 1.54) is 6.92 Å². The molecule has 0 aromatic carbocycles. The molecule has 0 spiro atoms. The van der Waals surface area contributed by atoms with Crippen LogP contribution in [-0.4, -0.2) is 39.4 Å². The molecular formula is C21H28O4. The zero-order valence-electron chi connectivity index (χ0n) is 15.0. The number of aliphatic hydroxyl groups excluding tert-OH is 3. The Hall–Kier alpha value is -2.11. The number of carbonyl (C=O) groups excluding carboxylic acids is 1. The molecule has 0 rings (SSSR count). The SMILES string of the molecule is CC[C@@H](O)/C=C/C#CC[C@@H](O)/C=C/C=C/C#C[C@@H](O)CCCC(C)=O. The second-order valence-corrected chi connectivity index (χ2v) is 5.57. The fourth-order valence-corrected chi connectivity index (χ4v) is 1.64. The highest BCUT2D eigenvalue weighted by Crippen LogP contribution is 2.00. The maximum atomic E-state index is 10.8. The zero-order chi connectivity index (χ0) is 18.9. The molecule has 0 bridgehead atoms. The van der Waals surface area contributed by atoms with E-state index in [0.29, 0.717) is 32.1 Å². The van der Waals surface area contributed by atoms with Crippen molar-refractivity contribution in [1.82, 2.24) is 0 Å². The van der Waals surface area contributed by atoms with Gasteiger partial charge in [-0.25, -0.2) is 0 Å². The third-order valence-electron chi connectivity index (χ3n) is 3.11. The van der Waals surface area contributed by atoms with Gasteiger partial charge in [0.25, 0.3) is 0 Å². The van der Waals surface area contributed by atoms with E-state index in [0.717, 1.165) is 0 Å². The number of hydrogen-bond acceptors (Lipinski definition) is 4. The van der Waals surface area contributed by atoms with Crippen LogP contribution in [-0.2, 0) is 4.79 Å². The molecule has 0 saturated carbocycles. The summed E-state index contributed by atoms with van der Waals surface area (Å²) < 4.78 is 0. The molecule has 0 aromatic heterocycles. The van der Waals surface area contributed by atoms with Gasteiger partial charge in [-0.3, -0.25) is 0 Å². The topological polar surface area (TPSA) is 77.8 Å². The average Bonchev–Trinajstić information content (AvgIpc) is 2.57. The highest BCUT2D eigenvalue weighted by molar-refractivity contribution is 5.75. The fraction of sp³-hybridized carbons (Fsp3) is 0.476.